The number of hydrogen-bond donors (Lipinski definition) is 1. The van der Waals surface area contributed by atoms with E-state index >= 15 is 0 Å². The Bertz CT molecular complexity index is 835. The number of carbonyl (C=O) groups excluding carboxylic acids is 2. The maximum Gasteiger partial charge on any atom is 0.253 e. The molecule has 1 N–H and O–H groups in total. The molecule has 0 radical (unpaired) electrons. The number of rotatable bonds is 3. The Kier molecular flexibility index (Phi) is 4.15. The van der Waals surface area contributed by atoms with Crippen molar-refractivity contribution >= 4 is 11.7 Å². The van der Waals surface area contributed by atoms with Crippen molar-refractivity contribution in [2.24, 2.45) is 0 Å². The number of aryl methyl sites for hydroxylation is 1. The van der Waals surface area contributed by atoms with Gasteiger partial charge in [-0.05, 0) is 38.7 Å². The average molecular weight is 353 g/mol. The van der Waals surface area contributed by atoms with Crippen LogP contribution in [-0.4, -0.2) is 40.2 Å². The Balaban J connectivity index is 1.64. The molecule has 1 aromatic heterocycles. The van der Waals surface area contributed by atoms with E-state index in [2.05, 4.69) is 10.4 Å². The average Bonchev–Trinajstić information content (AvgIpc) is 3.14. The molecule has 6 heteroatoms. The van der Waals surface area contributed by atoms with Crippen molar-refractivity contribution < 1.29 is 14.3 Å². The molecular weight excluding hydrogens is 330 g/mol. The fourth-order valence-electron chi connectivity index (χ4n) is 4.16. The van der Waals surface area contributed by atoms with Gasteiger partial charge in [0.15, 0.2) is 11.8 Å². The third kappa shape index (κ3) is 2.65. The second-order valence-electron chi connectivity index (χ2n) is 7.25. The first-order valence-corrected chi connectivity index (χ1v) is 9.05. The van der Waals surface area contributed by atoms with E-state index in [0.29, 0.717) is 12.8 Å². The van der Waals surface area contributed by atoms with Gasteiger partial charge >= 0.3 is 0 Å². The minimum atomic E-state index is -0.883. The number of nitrogens with one attached hydrogen (secondary N) is 1. The van der Waals surface area contributed by atoms with E-state index in [0.717, 1.165) is 29.8 Å². The first-order valence-electron chi connectivity index (χ1n) is 9.05. The van der Waals surface area contributed by atoms with Crippen molar-refractivity contribution in [3.8, 4) is 11.3 Å². The number of ketones is 1. The van der Waals surface area contributed by atoms with Crippen molar-refractivity contribution in [1.29, 1.82) is 0 Å². The van der Waals surface area contributed by atoms with Crippen LogP contribution in [0.1, 0.15) is 37.4 Å². The number of benzene rings is 1. The predicted molar refractivity (Wildman–Crippen MR) is 96.6 cm³/mol. The minimum absolute atomic E-state index is 0.0668. The van der Waals surface area contributed by atoms with Crippen molar-refractivity contribution in [3.63, 3.8) is 0 Å². The van der Waals surface area contributed by atoms with E-state index in [1.807, 2.05) is 43.3 Å². The molecule has 2 heterocycles. The third-order valence-electron chi connectivity index (χ3n) is 5.69. The summed E-state index contributed by atoms with van der Waals surface area (Å²) in [5, 5.41) is 7.57. The van der Waals surface area contributed by atoms with Crippen LogP contribution in [0.5, 0.6) is 0 Å². The highest BCUT2D eigenvalue weighted by atomic mass is 16.5. The highest BCUT2D eigenvalue weighted by Crippen LogP contribution is 2.38. The van der Waals surface area contributed by atoms with Crippen LogP contribution < -0.4 is 5.32 Å². The highest BCUT2D eigenvalue weighted by Gasteiger charge is 2.55. The molecule has 1 amide bonds. The second kappa shape index (κ2) is 6.36. The van der Waals surface area contributed by atoms with E-state index in [1.165, 1.54) is 0 Å². The Hall–Kier alpha value is -2.47. The first kappa shape index (κ1) is 17.0. The fourth-order valence-corrected chi connectivity index (χ4v) is 4.16. The second-order valence-corrected chi connectivity index (χ2v) is 7.25. The topological polar surface area (TPSA) is 73.2 Å². The molecule has 1 saturated carbocycles. The SMILES string of the molecule is COC1CCC2(CC1)NC(=O)C(n1nc(-c3ccccc3)cc1C)C2=O. The number of carbonyl (C=O) groups is 2. The van der Waals surface area contributed by atoms with E-state index in [1.54, 1.807) is 11.8 Å². The standard InChI is InChI=1S/C20H23N3O3/c1-13-12-16(14-6-4-3-5-7-14)22-23(13)17-18(24)20(21-19(17)25)10-8-15(26-2)9-11-20/h3-7,12,15,17H,8-11H2,1-2H3,(H,21,25). The van der Waals surface area contributed by atoms with Crippen LogP contribution >= 0.6 is 0 Å². The number of ether oxygens (including phenoxy) is 1. The summed E-state index contributed by atoms with van der Waals surface area (Å²) in [6.07, 6.45) is 2.97. The number of Topliss-reactive ketones (excluding diaryl/α,β-unsaturated/α-hetero) is 1. The number of nitrogens with zero attached hydrogens (tertiary/aromatic N) is 2. The van der Waals surface area contributed by atoms with Crippen LogP contribution in [0.15, 0.2) is 36.4 Å². The molecule has 2 fully saturated rings. The molecular formula is C20H23N3O3. The quantitative estimate of drug-likeness (QED) is 0.860. The molecule has 26 heavy (non-hydrogen) atoms. The van der Waals surface area contributed by atoms with Gasteiger partial charge in [-0.2, -0.15) is 5.10 Å². The van der Waals surface area contributed by atoms with Gasteiger partial charge in [0.25, 0.3) is 5.91 Å². The van der Waals surface area contributed by atoms with Crippen molar-refractivity contribution in [2.45, 2.75) is 50.3 Å². The van der Waals surface area contributed by atoms with Crippen LogP contribution in [0.25, 0.3) is 11.3 Å². The van der Waals surface area contributed by atoms with Gasteiger partial charge < -0.3 is 10.1 Å². The highest BCUT2D eigenvalue weighted by molar-refractivity contribution is 6.14. The summed E-state index contributed by atoms with van der Waals surface area (Å²) < 4.78 is 6.98. The number of aromatic nitrogens is 2. The van der Waals surface area contributed by atoms with E-state index in [9.17, 15) is 9.59 Å². The zero-order valence-electron chi connectivity index (χ0n) is 15.1. The lowest BCUT2D eigenvalue weighted by Gasteiger charge is -2.35. The largest absolute Gasteiger partial charge is 0.381 e. The van der Waals surface area contributed by atoms with Crippen LogP contribution in [0.3, 0.4) is 0 Å². The Labute approximate surface area is 152 Å². The van der Waals surface area contributed by atoms with Gasteiger partial charge in [0.05, 0.1) is 11.8 Å². The molecule has 6 nitrogen and oxygen atoms in total. The fraction of sp³-hybridized carbons (Fsp3) is 0.450. The van der Waals surface area contributed by atoms with E-state index in [4.69, 9.17) is 4.74 Å². The number of methoxy groups -OCH3 is 1. The monoisotopic (exact) mass is 353 g/mol. The Morgan fingerprint density at radius 1 is 1.19 bits per heavy atom. The van der Waals surface area contributed by atoms with Crippen LogP contribution in [0.4, 0.5) is 0 Å². The minimum Gasteiger partial charge on any atom is -0.381 e. The van der Waals surface area contributed by atoms with Gasteiger partial charge in [0.2, 0.25) is 0 Å². The molecule has 1 unspecified atom stereocenters. The van der Waals surface area contributed by atoms with Gasteiger partial charge in [0.1, 0.15) is 5.54 Å². The maximum atomic E-state index is 13.2. The van der Waals surface area contributed by atoms with Crippen molar-refractivity contribution in [2.75, 3.05) is 7.11 Å². The van der Waals surface area contributed by atoms with Crippen LogP contribution in [0.2, 0.25) is 0 Å². The molecule has 4 rings (SSSR count). The lowest BCUT2D eigenvalue weighted by atomic mass is 9.78. The van der Waals surface area contributed by atoms with Gasteiger partial charge in [-0.3, -0.25) is 9.59 Å². The summed E-state index contributed by atoms with van der Waals surface area (Å²) in [7, 11) is 1.69. The lowest BCUT2D eigenvalue weighted by molar-refractivity contribution is -0.129. The van der Waals surface area contributed by atoms with Gasteiger partial charge in [0, 0.05) is 18.4 Å². The smallest absolute Gasteiger partial charge is 0.253 e. The van der Waals surface area contributed by atoms with Crippen LogP contribution in [-0.2, 0) is 14.3 Å². The number of hydrogen-bond acceptors (Lipinski definition) is 4. The molecule has 1 aromatic carbocycles. The van der Waals surface area contributed by atoms with Gasteiger partial charge in [-0.15, -0.1) is 0 Å². The zero-order chi connectivity index (χ0) is 18.3. The van der Waals surface area contributed by atoms with Crippen molar-refractivity contribution in [3.05, 3.63) is 42.1 Å². The van der Waals surface area contributed by atoms with Crippen molar-refractivity contribution in [1.82, 2.24) is 15.1 Å². The summed E-state index contributed by atoms with van der Waals surface area (Å²) in [6, 6.07) is 10.8. The number of amides is 1. The normalized spacial score (nSPS) is 28.5. The van der Waals surface area contributed by atoms with Gasteiger partial charge in [-0.1, -0.05) is 30.3 Å². The van der Waals surface area contributed by atoms with Crippen LogP contribution in [0, 0.1) is 6.92 Å². The van der Waals surface area contributed by atoms with E-state index < -0.39 is 11.6 Å². The molecule has 2 aliphatic rings. The third-order valence-corrected chi connectivity index (χ3v) is 5.69. The predicted octanol–water partition coefficient (Wildman–Crippen LogP) is 2.43. The lowest BCUT2D eigenvalue weighted by Crippen LogP contribution is -2.50. The van der Waals surface area contributed by atoms with Gasteiger partial charge in [-0.25, -0.2) is 4.68 Å². The molecule has 1 atom stereocenters. The zero-order valence-corrected chi connectivity index (χ0v) is 15.1. The molecule has 1 saturated heterocycles. The summed E-state index contributed by atoms with van der Waals surface area (Å²) in [6.45, 7) is 1.88. The molecule has 0 bridgehead atoms. The molecule has 1 aliphatic heterocycles. The molecule has 1 aliphatic carbocycles. The molecule has 2 aromatic rings. The first-order chi connectivity index (χ1) is 12.5. The Morgan fingerprint density at radius 2 is 1.88 bits per heavy atom. The summed E-state index contributed by atoms with van der Waals surface area (Å²) in [5.74, 6) is -0.320. The van der Waals surface area contributed by atoms with E-state index in [-0.39, 0.29) is 17.8 Å². The Morgan fingerprint density at radius 3 is 2.54 bits per heavy atom. The maximum absolute atomic E-state index is 13.2. The molecule has 1 spiro atoms. The summed E-state index contributed by atoms with van der Waals surface area (Å²) in [4.78, 5) is 25.9. The molecule has 136 valence electrons. The summed E-state index contributed by atoms with van der Waals surface area (Å²) in [5.41, 5.74) is 1.78. The summed E-state index contributed by atoms with van der Waals surface area (Å²) >= 11 is 0.